The van der Waals surface area contributed by atoms with Gasteiger partial charge in [0, 0.05) is 23.9 Å². The summed E-state index contributed by atoms with van der Waals surface area (Å²) >= 11 is 0. The van der Waals surface area contributed by atoms with Gasteiger partial charge in [-0.15, -0.1) is 0 Å². The van der Waals surface area contributed by atoms with Gasteiger partial charge in [0.1, 0.15) is 5.52 Å². The first-order valence-corrected chi connectivity index (χ1v) is 6.93. The molecule has 0 spiro atoms. The van der Waals surface area contributed by atoms with E-state index in [1.165, 1.54) is 18.3 Å². The summed E-state index contributed by atoms with van der Waals surface area (Å²) in [7, 11) is 0. The third-order valence-corrected chi connectivity index (χ3v) is 3.20. The molecule has 0 bridgehead atoms. The maximum Gasteiger partial charge on any atom is 0.257 e. The van der Waals surface area contributed by atoms with E-state index in [0.29, 0.717) is 28.2 Å². The average molecular weight is 297 g/mol. The van der Waals surface area contributed by atoms with Crippen molar-refractivity contribution < 1.29 is 9.21 Å². The highest BCUT2D eigenvalue weighted by atomic mass is 16.3. The molecule has 1 amide bonds. The van der Waals surface area contributed by atoms with Gasteiger partial charge in [0.2, 0.25) is 5.56 Å². The summed E-state index contributed by atoms with van der Waals surface area (Å²) in [5, 5.41) is 2.77. The van der Waals surface area contributed by atoms with E-state index >= 15 is 0 Å². The SMILES string of the molecule is CC(C)c1nc2cc(NC(=O)c3ccc(=O)[nH]c3)ccc2o1. The van der Waals surface area contributed by atoms with Gasteiger partial charge in [0.25, 0.3) is 5.91 Å². The van der Waals surface area contributed by atoms with Gasteiger partial charge in [-0.1, -0.05) is 13.8 Å². The first-order valence-electron chi connectivity index (χ1n) is 6.93. The number of benzene rings is 1. The molecule has 0 atom stereocenters. The molecule has 0 aliphatic carbocycles. The third-order valence-electron chi connectivity index (χ3n) is 3.20. The minimum Gasteiger partial charge on any atom is -0.440 e. The third kappa shape index (κ3) is 2.76. The zero-order valence-electron chi connectivity index (χ0n) is 12.2. The van der Waals surface area contributed by atoms with Crippen molar-refractivity contribution in [2.75, 3.05) is 5.32 Å². The number of anilines is 1. The van der Waals surface area contributed by atoms with Gasteiger partial charge >= 0.3 is 0 Å². The van der Waals surface area contributed by atoms with Gasteiger partial charge in [-0.2, -0.15) is 0 Å². The van der Waals surface area contributed by atoms with E-state index in [2.05, 4.69) is 15.3 Å². The molecule has 0 aliphatic heterocycles. The Bertz CT molecular complexity index is 873. The maximum atomic E-state index is 12.1. The van der Waals surface area contributed by atoms with Crippen molar-refractivity contribution in [2.45, 2.75) is 19.8 Å². The van der Waals surface area contributed by atoms with E-state index in [9.17, 15) is 9.59 Å². The smallest absolute Gasteiger partial charge is 0.257 e. The molecule has 6 heteroatoms. The molecule has 3 aromatic rings. The normalized spacial score (nSPS) is 11.0. The second-order valence-electron chi connectivity index (χ2n) is 5.29. The number of aromatic nitrogens is 2. The first-order chi connectivity index (χ1) is 10.5. The molecule has 1 aromatic carbocycles. The largest absolute Gasteiger partial charge is 0.440 e. The van der Waals surface area contributed by atoms with E-state index in [-0.39, 0.29) is 17.4 Å². The number of amides is 1. The quantitative estimate of drug-likeness (QED) is 0.778. The fourth-order valence-corrected chi connectivity index (χ4v) is 2.03. The Morgan fingerprint density at radius 1 is 1.27 bits per heavy atom. The van der Waals surface area contributed by atoms with Gasteiger partial charge in [0.05, 0.1) is 5.56 Å². The van der Waals surface area contributed by atoms with Crippen LogP contribution >= 0.6 is 0 Å². The highest BCUT2D eigenvalue weighted by Crippen LogP contribution is 2.23. The van der Waals surface area contributed by atoms with Crippen molar-refractivity contribution in [3.63, 3.8) is 0 Å². The molecule has 6 nitrogen and oxygen atoms in total. The number of nitrogens with zero attached hydrogens (tertiary/aromatic N) is 1. The van der Waals surface area contributed by atoms with Crippen LogP contribution in [-0.4, -0.2) is 15.9 Å². The van der Waals surface area contributed by atoms with Crippen LogP contribution in [-0.2, 0) is 0 Å². The molecule has 2 N–H and O–H groups in total. The van der Waals surface area contributed by atoms with Crippen LogP contribution in [0.25, 0.3) is 11.1 Å². The highest BCUT2D eigenvalue weighted by Gasteiger charge is 2.11. The van der Waals surface area contributed by atoms with Crippen molar-refractivity contribution in [1.82, 2.24) is 9.97 Å². The van der Waals surface area contributed by atoms with Crippen LogP contribution < -0.4 is 10.9 Å². The van der Waals surface area contributed by atoms with Crippen molar-refractivity contribution in [2.24, 2.45) is 0 Å². The first kappa shape index (κ1) is 14.1. The number of carbonyl (C=O) groups excluding carboxylic acids is 1. The van der Waals surface area contributed by atoms with E-state index < -0.39 is 0 Å². The van der Waals surface area contributed by atoms with Crippen LogP contribution in [0, 0.1) is 0 Å². The van der Waals surface area contributed by atoms with Crippen LogP contribution in [0.15, 0.2) is 45.7 Å². The van der Waals surface area contributed by atoms with Crippen LogP contribution in [0.4, 0.5) is 5.69 Å². The monoisotopic (exact) mass is 297 g/mol. The Kier molecular flexibility index (Phi) is 3.50. The number of hydrogen-bond acceptors (Lipinski definition) is 4. The van der Waals surface area contributed by atoms with Crippen molar-refractivity contribution in [3.05, 3.63) is 58.3 Å². The number of fused-ring (bicyclic) bond motifs is 1. The zero-order chi connectivity index (χ0) is 15.7. The molecular formula is C16H15N3O3. The van der Waals surface area contributed by atoms with Gasteiger partial charge in [-0.3, -0.25) is 9.59 Å². The number of nitrogens with one attached hydrogen (secondary N) is 2. The van der Waals surface area contributed by atoms with Crippen LogP contribution in [0.1, 0.15) is 36.0 Å². The Morgan fingerprint density at radius 2 is 2.09 bits per heavy atom. The molecule has 0 saturated heterocycles. The number of rotatable bonds is 3. The highest BCUT2D eigenvalue weighted by molar-refractivity contribution is 6.04. The number of aromatic amines is 1. The van der Waals surface area contributed by atoms with Crippen molar-refractivity contribution >= 4 is 22.7 Å². The summed E-state index contributed by atoms with van der Waals surface area (Å²) in [5.74, 6) is 0.564. The van der Waals surface area contributed by atoms with Gasteiger partial charge < -0.3 is 14.7 Å². The van der Waals surface area contributed by atoms with Gasteiger partial charge in [-0.05, 0) is 24.3 Å². The molecule has 3 rings (SSSR count). The van der Waals surface area contributed by atoms with Crippen LogP contribution in [0.5, 0.6) is 0 Å². The number of carbonyl (C=O) groups is 1. The second kappa shape index (κ2) is 5.48. The number of hydrogen-bond donors (Lipinski definition) is 2. The maximum absolute atomic E-state index is 12.1. The van der Waals surface area contributed by atoms with Crippen molar-refractivity contribution in [1.29, 1.82) is 0 Å². The molecule has 2 aromatic heterocycles. The van der Waals surface area contributed by atoms with Gasteiger partial charge in [0.15, 0.2) is 11.5 Å². The number of H-pyrrole nitrogens is 1. The Labute approximate surface area is 126 Å². The lowest BCUT2D eigenvalue weighted by molar-refractivity contribution is 0.102. The fraction of sp³-hybridized carbons (Fsp3) is 0.188. The lowest BCUT2D eigenvalue weighted by Gasteiger charge is -2.04. The predicted molar refractivity (Wildman–Crippen MR) is 83.1 cm³/mol. The van der Waals surface area contributed by atoms with Crippen molar-refractivity contribution in [3.8, 4) is 0 Å². The summed E-state index contributed by atoms with van der Waals surface area (Å²) in [6, 6.07) is 8.07. The Balaban J connectivity index is 1.85. The molecule has 0 unspecified atom stereocenters. The summed E-state index contributed by atoms with van der Waals surface area (Å²) in [6.45, 7) is 4.01. The second-order valence-corrected chi connectivity index (χ2v) is 5.29. The fourth-order valence-electron chi connectivity index (χ4n) is 2.03. The molecule has 2 heterocycles. The summed E-state index contributed by atoms with van der Waals surface area (Å²) < 4.78 is 5.62. The Morgan fingerprint density at radius 3 is 2.77 bits per heavy atom. The Hall–Kier alpha value is -2.89. The molecule has 22 heavy (non-hydrogen) atoms. The minimum absolute atomic E-state index is 0.201. The lowest BCUT2D eigenvalue weighted by atomic mass is 10.2. The van der Waals surface area contributed by atoms with E-state index in [1.807, 2.05) is 13.8 Å². The molecule has 112 valence electrons. The van der Waals surface area contributed by atoms with E-state index in [4.69, 9.17) is 4.42 Å². The minimum atomic E-state index is -0.303. The van der Waals surface area contributed by atoms with E-state index in [1.54, 1.807) is 18.2 Å². The molecule has 0 fully saturated rings. The molecule has 0 radical (unpaired) electrons. The average Bonchev–Trinajstić information content (AvgIpc) is 2.91. The molecular weight excluding hydrogens is 282 g/mol. The lowest BCUT2D eigenvalue weighted by Crippen LogP contribution is -2.14. The molecule has 0 aliphatic rings. The number of pyridine rings is 1. The summed E-state index contributed by atoms with van der Waals surface area (Å²) in [5.41, 5.74) is 2.13. The molecule has 0 saturated carbocycles. The zero-order valence-corrected chi connectivity index (χ0v) is 12.2. The standard InChI is InChI=1S/C16H15N3O3/c1-9(2)16-19-12-7-11(4-5-13(12)22-16)18-15(21)10-3-6-14(20)17-8-10/h3-9H,1-2H3,(H,17,20)(H,18,21). The summed E-state index contributed by atoms with van der Waals surface area (Å²) in [4.78, 5) is 30.0. The van der Waals surface area contributed by atoms with Gasteiger partial charge in [-0.25, -0.2) is 4.98 Å². The number of oxazole rings is 1. The van der Waals surface area contributed by atoms with Crippen LogP contribution in [0.3, 0.4) is 0 Å². The summed E-state index contributed by atoms with van der Waals surface area (Å²) in [6.07, 6.45) is 1.38. The predicted octanol–water partition coefficient (Wildman–Crippen LogP) is 2.89. The van der Waals surface area contributed by atoms with E-state index in [0.717, 1.165) is 0 Å². The topological polar surface area (TPSA) is 88.0 Å². The van der Waals surface area contributed by atoms with Crippen LogP contribution in [0.2, 0.25) is 0 Å².